The quantitative estimate of drug-likeness (QED) is 0.784. The molecule has 0 aliphatic carbocycles. The SMILES string of the molecule is CCN(Cc1ccccc1)Cc1ccc(Br)s1. The van der Waals surface area contributed by atoms with Crippen LogP contribution in [0, 0.1) is 0 Å². The highest BCUT2D eigenvalue weighted by atomic mass is 79.9. The first kappa shape index (κ1) is 12.8. The van der Waals surface area contributed by atoms with E-state index in [0.717, 1.165) is 19.6 Å². The van der Waals surface area contributed by atoms with Crippen LogP contribution >= 0.6 is 27.3 Å². The molecule has 17 heavy (non-hydrogen) atoms. The van der Waals surface area contributed by atoms with E-state index in [1.165, 1.54) is 14.2 Å². The lowest BCUT2D eigenvalue weighted by molar-refractivity contribution is 0.274. The molecule has 2 aromatic rings. The van der Waals surface area contributed by atoms with Crippen molar-refractivity contribution in [3.05, 3.63) is 56.7 Å². The van der Waals surface area contributed by atoms with Crippen LogP contribution in [0.5, 0.6) is 0 Å². The maximum Gasteiger partial charge on any atom is 0.0701 e. The molecule has 1 aromatic heterocycles. The van der Waals surface area contributed by atoms with Gasteiger partial charge in [0.2, 0.25) is 0 Å². The zero-order valence-corrected chi connectivity index (χ0v) is 12.3. The van der Waals surface area contributed by atoms with Crippen molar-refractivity contribution >= 4 is 27.3 Å². The fourth-order valence-electron chi connectivity index (χ4n) is 1.78. The van der Waals surface area contributed by atoms with E-state index >= 15 is 0 Å². The average molecular weight is 310 g/mol. The summed E-state index contributed by atoms with van der Waals surface area (Å²) in [6.07, 6.45) is 0. The van der Waals surface area contributed by atoms with Crippen molar-refractivity contribution in [1.82, 2.24) is 4.90 Å². The number of rotatable bonds is 5. The molecule has 1 nitrogen and oxygen atoms in total. The molecule has 0 saturated carbocycles. The van der Waals surface area contributed by atoms with E-state index in [2.05, 4.69) is 70.2 Å². The average Bonchev–Trinajstić information content (AvgIpc) is 2.75. The third kappa shape index (κ3) is 3.95. The summed E-state index contributed by atoms with van der Waals surface area (Å²) in [5.41, 5.74) is 1.38. The highest BCUT2D eigenvalue weighted by Gasteiger charge is 2.06. The van der Waals surface area contributed by atoms with E-state index < -0.39 is 0 Å². The van der Waals surface area contributed by atoms with Gasteiger partial charge in [-0.2, -0.15) is 0 Å². The van der Waals surface area contributed by atoms with E-state index in [9.17, 15) is 0 Å². The second kappa shape index (κ2) is 6.34. The van der Waals surface area contributed by atoms with Gasteiger partial charge in [0.05, 0.1) is 3.79 Å². The lowest BCUT2D eigenvalue weighted by atomic mass is 10.2. The van der Waals surface area contributed by atoms with Crippen LogP contribution in [0.15, 0.2) is 46.3 Å². The molecule has 0 fully saturated rings. The minimum absolute atomic E-state index is 1.02. The second-order valence-corrected chi connectivity index (χ2v) is 6.54. The Kier molecular flexibility index (Phi) is 4.77. The molecule has 0 spiro atoms. The maximum atomic E-state index is 3.51. The predicted octanol–water partition coefficient (Wildman–Crippen LogP) is 4.53. The van der Waals surface area contributed by atoms with Crippen molar-refractivity contribution in [2.24, 2.45) is 0 Å². The molecule has 3 heteroatoms. The molecule has 0 N–H and O–H groups in total. The van der Waals surface area contributed by atoms with Crippen LogP contribution in [-0.4, -0.2) is 11.4 Å². The van der Waals surface area contributed by atoms with E-state index in [-0.39, 0.29) is 0 Å². The molecule has 0 amide bonds. The number of hydrogen-bond donors (Lipinski definition) is 0. The standard InChI is InChI=1S/C14H16BrNS/c1-2-16(10-12-6-4-3-5-7-12)11-13-8-9-14(15)17-13/h3-9H,2,10-11H2,1H3. The number of nitrogens with zero attached hydrogens (tertiary/aromatic N) is 1. The normalized spacial score (nSPS) is 11.0. The van der Waals surface area contributed by atoms with Gasteiger partial charge in [0.15, 0.2) is 0 Å². The molecule has 0 unspecified atom stereocenters. The molecular weight excluding hydrogens is 294 g/mol. The summed E-state index contributed by atoms with van der Waals surface area (Å²) in [4.78, 5) is 3.86. The number of thiophene rings is 1. The molecule has 2 rings (SSSR count). The van der Waals surface area contributed by atoms with Crippen LogP contribution in [0.2, 0.25) is 0 Å². The van der Waals surface area contributed by atoms with Crippen LogP contribution in [-0.2, 0) is 13.1 Å². The first-order chi connectivity index (χ1) is 8.28. The van der Waals surface area contributed by atoms with Gasteiger partial charge >= 0.3 is 0 Å². The number of benzene rings is 1. The maximum absolute atomic E-state index is 3.51. The van der Waals surface area contributed by atoms with Crippen LogP contribution in [0.1, 0.15) is 17.4 Å². The summed E-state index contributed by atoms with van der Waals surface area (Å²) >= 11 is 5.33. The zero-order valence-electron chi connectivity index (χ0n) is 9.90. The Morgan fingerprint density at radius 3 is 2.41 bits per heavy atom. The van der Waals surface area contributed by atoms with Gasteiger partial charge in [0.25, 0.3) is 0 Å². The highest BCUT2D eigenvalue weighted by Crippen LogP contribution is 2.23. The smallest absolute Gasteiger partial charge is 0.0701 e. The molecule has 0 aliphatic rings. The van der Waals surface area contributed by atoms with Crippen molar-refractivity contribution in [2.75, 3.05) is 6.54 Å². The Labute approximate surface area is 115 Å². The van der Waals surface area contributed by atoms with Crippen molar-refractivity contribution in [1.29, 1.82) is 0 Å². The largest absolute Gasteiger partial charge is 0.294 e. The monoisotopic (exact) mass is 309 g/mol. The Morgan fingerprint density at radius 1 is 1.06 bits per heavy atom. The van der Waals surface area contributed by atoms with Crippen molar-refractivity contribution in [2.45, 2.75) is 20.0 Å². The van der Waals surface area contributed by atoms with E-state index in [1.54, 1.807) is 0 Å². The third-order valence-electron chi connectivity index (χ3n) is 2.70. The zero-order chi connectivity index (χ0) is 12.1. The Morgan fingerprint density at radius 2 is 1.82 bits per heavy atom. The molecule has 0 saturated heterocycles. The summed E-state index contributed by atoms with van der Waals surface area (Å²) in [6.45, 7) is 5.34. The molecule has 0 bridgehead atoms. The van der Waals surface area contributed by atoms with Crippen LogP contribution < -0.4 is 0 Å². The van der Waals surface area contributed by atoms with E-state index in [0.29, 0.717) is 0 Å². The van der Waals surface area contributed by atoms with Crippen molar-refractivity contribution < 1.29 is 0 Å². The predicted molar refractivity (Wildman–Crippen MR) is 78.2 cm³/mol. The summed E-state index contributed by atoms with van der Waals surface area (Å²) in [5.74, 6) is 0. The minimum Gasteiger partial charge on any atom is -0.294 e. The fourth-order valence-corrected chi connectivity index (χ4v) is 3.30. The van der Waals surface area contributed by atoms with Gasteiger partial charge < -0.3 is 0 Å². The van der Waals surface area contributed by atoms with Gasteiger partial charge in [-0.1, -0.05) is 37.3 Å². The first-order valence-corrected chi connectivity index (χ1v) is 7.39. The molecule has 0 radical (unpaired) electrons. The first-order valence-electron chi connectivity index (χ1n) is 5.78. The minimum atomic E-state index is 1.02. The van der Waals surface area contributed by atoms with Crippen molar-refractivity contribution in [3.8, 4) is 0 Å². The summed E-state index contributed by atoms with van der Waals surface area (Å²) in [7, 11) is 0. The highest BCUT2D eigenvalue weighted by molar-refractivity contribution is 9.11. The number of hydrogen-bond acceptors (Lipinski definition) is 2. The van der Waals surface area contributed by atoms with E-state index in [4.69, 9.17) is 0 Å². The summed E-state index contributed by atoms with van der Waals surface area (Å²) in [5, 5.41) is 0. The fraction of sp³-hybridized carbons (Fsp3) is 0.286. The van der Waals surface area contributed by atoms with Gasteiger partial charge in [-0.05, 0) is 40.2 Å². The molecule has 0 aliphatic heterocycles. The van der Waals surface area contributed by atoms with Crippen LogP contribution in [0.25, 0.3) is 0 Å². The third-order valence-corrected chi connectivity index (χ3v) is 4.31. The van der Waals surface area contributed by atoms with Gasteiger partial charge in [-0.25, -0.2) is 0 Å². The topological polar surface area (TPSA) is 3.24 Å². The molecule has 1 aromatic carbocycles. The second-order valence-electron chi connectivity index (χ2n) is 3.99. The Bertz CT molecular complexity index is 452. The molecular formula is C14H16BrNS. The van der Waals surface area contributed by atoms with Crippen LogP contribution in [0.3, 0.4) is 0 Å². The van der Waals surface area contributed by atoms with Gasteiger partial charge in [-0.3, -0.25) is 4.90 Å². The van der Waals surface area contributed by atoms with Gasteiger partial charge in [-0.15, -0.1) is 11.3 Å². The molecule has 0 atom stereocenters. The summed E-state index contributed by atoms with van der Waals surface area (Å²) < 4.78 is 1.21. The van der Waals surface area contributed by atoms with Crippen LogP contribution in [0.4, 0.5) is 0 Å². The molecule has 1 heterocycles. The summed E-state index contributed by atoms with van der Waals surface area (Å²) in [6, 6.07) is 15.0. The lowest BCUT2D eigenvalue weighted by Crippen LogP contribution is -2.21. The number of halogens is 1. The molecule has 90 valence electrons. The van der Waals surface area contributed by atoms with E-state index in [1.807, 2.05) is 11.3 Å². The van der Waals surface area contributed by atoms with Crippen molar-refractivity contribution in [3.63, 3.8) is 0 Å². The Balaban J connectivity index is 1.98. The lowest BCUT2D eigenvalue weighted by Gasteiger charge is -2.19. The Hall–Kier alpha value is -0.640. The van der Waals surface area contributed by atoms with Gasteiger partial charge in [0.1, 0.15) is 0 Å². The van der Waals surface area contributed by atoms with Gasteiger partial charge in [0, 0.05) is 18.0 Å².